The van der Waals surface area contributed by atoms with Gasteiger partial charge in [-0.15, -0.1) is 11.3 Å². The lowest BCUT2D eigenvalue weighted by Gasteiger charge is -2.28. The number of carbonyl (C=O) groups excluding carboxylic acids is 1. The third-order valence-corrected chi connectivity index (χ3v) is 3.99. The molecule has 0 aliphatic carbocycles. The van der Waals surface area contributed by atoms with Gasteiger partial charge in [-0.25, -0.2) is 0 Å². The maximum atomic E-state index is 12.4. The summed E-state index contributed by atoms with van der Waals surface area (Å²) in [5, 5.41) is 2.00. The van der Waals surface area contributed by atoms with Crippen LogP contribution in [0.5, 0.6) is 11.5 Å². The van der Waals surface area contributed by atoms with E-state index in [-0.39, 0.29) is 12.5 Å². The molecule has 2 aromatic rings. The lowest BCUT2D eigenvalue weighted by Crippen LogP contribution is -2.44. The molecule has 0 N–H and O–H groups in total. The molecule has 1 aliphatic rings. The van der Waals surface area contributed by atoms with Crippen molar-refractivity contribution in [3.05, 3.63) is 46.7 Å². The predicted molar refractivity (Wildman–Crippen MR) is 77.1 cm³/mol. The van der Waals surface area contributed by atoms with Gasteiger partial charge in [0, 0.05) is 11.9 Å². The predicted octanol–water partition coefficient (Wildman–Crippen LogP) is 2.55. The molecule has 0 bridgehead atoms. The lowest BCUT2D eigenvalue weighted by molar-refractivity contribution is -0.140. The van der Waals surface area contributed by atoms with Crippen molar-refractivity contribution in [3.63, 3.8) is 0 Å². The number of fused-ring (bicyclic) bond motifs is 1. The third-order valence-electron chi connectivity index (χ3n) is 3.13. The van der Waals surface area contributed by atoms with Gasteiger partial charge < -0.3 is 14.4 Å². The van der Waals surface area contributed by atoms with Gasteiger partial charge in [0.05, 0.1) is 6.54 Å². The standard InChI is InChI=1S/C15H15NO3S/c1-16(9-11-5-4-8-20-11)15(17)14-10-18-12-6-2-3-7-13(12)19-14/h2-8,14H,9-10H2,1H3. The fourth-order valence-corrected chi connectivity index (χ4v) is 2.86. The molecule has 5 heteroatoms. The number of para-hydroxylation sites is 2. The molecule has 0 saturated heterocycles. The summed E-state index contributed by atoms with van der Waals surface area (Å²) in [7, 11) is 1.78. The van der Waals surface area contributed by atoms with E-state index in [0.29, 0.717) is 18.0 Å². The molecule has 0 spiro atoms. The third kappa shape index (κ3) is 2.63. The van der Waals surface area contributed by atoms with Crippen LogP contribution in [0.2, 0.25) is 0 Å². The van der Waals surface area contributed by atoms with E-state index in [4.69, 9.17) is 9.47 Å². The highest BCUT2D eigenvalue weighted by atomic mass is 32.1. The molecule has 0 radical (unpaired) electrons. The number of likely N-dealkylation sites (N-methyl/N-ethyl adjacent to an activating group) is 1. The molecule has 1 aromatic carbocycles. The van der Waals surface area contributed by atoms with E-state index >= 15 is 0 Å². The van der Waals surface area contributed by atoms with Crippen LogP contribution in [0.25, 0.3) is 0 Å². The normalized spacial score (nSPS) is 16.8. The Hall–Kier alpha value is -2.01. The Morgan fingerprint density at radius 2 is 2.10 bits per heavy atom. The first kappa shape index (κ1) is 13.0. The van der Waals surface area contributed by atoms with E-state index in [1.54, 1.807) is 23.3 Å². The van der Waals surface area contributed by atoms with E-state index < -0.39 is 6.10 Å². The van der Waals surface area contributed by atoms with Crippen molar-refractivity contribution in [3.8, 4) is 11.5 Å². The molecule has 1 aliphatic heterocycles. The lowest BCUT2D eigenvalue weighted by atomic mass is 10.2. The molecule has 0 fully saturated rings. The Balaban J connectivity index is 1.66. The Labute approximate surface area is 121 Å². The first-order valence-electron chi connectivity index (χ1n) is 6.40. The minimum atomic E-state index is -0.574. The van der Waals surface area contributed by atoms with Crippen LogP contribution >= 0.6 is 11.3 Å². The quantitative estimate of drug-likeness (QED) is 0.871. The maximum Gasteiger partial charge on any atom is 0.267 e. The number of thiophene rings is 1. The van der Waals surface area contributed by atoms with Gasteiger partial charge in [-0.3, -0.25) is 4.79 Å². The molecule has 20 heavy (non-hydrogen) atoms. The SMILES string of the molecule is CN(Cc1cccs1)C(=O)C1COc2ccccc2O1. The number of hydrogen-bond donors (Lipinski definition) is 0. The second-order valence-corrected chi connectivity index (χ2v) is 5.67. The minimum absolute atomic E-state index is 0.0621. The second kappa shape index (κ2) is 5.54. The summed E-state index contributed by atoms with van der Waals surface area (Å²) < 4.78 is 11.3. The second-order valence-electron chi connectivity index (χ2n) is 4.64. The molecule has 3 rings (SSSR count). The summed E-state index contributed by atoms with van der Waals surface area (Å²) in [6, 6.07) is 11.4. The molecule has 1 unspecified atom stereocenters. The van der Waals surface area contributed by atoms with Crippen molar-refractivity contribution < 1.29 is 14.3 Å². The van der Waals surface area contributed by atoms with Crippen LogP contribution in [0.4, 0.5) is 0 Å². The molecule has 1 aromatic heterocycles. The van der Waals surface area contributed by atoms with Gasteiger partial charge in [0.15, 0.2) is 11.5 Å². The fraction of sp³-hybridized carbons (Fsp3) is 0.267. The summed E-state index contributed by atoms with van der Waals surface area (Å²) in [4.78, 5) is 15.2. The highest BCUT2D eigenvalue weighted by Crippen LogP contribution is 2.31. The Morgan fingerprint density at radius 1 is 1.30 bits per heavy atom. The van der Waals surface area contributed by atoms with Crippen LogP contribution in [0.3, 0.4) is 0 Å². The first-order valence-corrected chi connectivity index (χ1v) is 7.28. The summed E-state index contributed by atoms with van der Waals surface area (Å²) in [6.45, 7) is 0.850. The number of rotatable bonds is 3. The summed E-state index contributed by atoms with van der Waals surface area (Å²) in [6.07, 6.45) is -0.574. The van der Waals surface area contributed by atoms with Crippen molar-refractivity contribution in [1.82, 2.24) is 4.90 Å². The van der Waals surface area contributed by atoms with Crippen molar-refractivity contribution in [1.29, 1.82) is 0 Å². The molecule has 4 nitrogen and oxygen atoms in total. The molecular formula is C15H15NO3S. The zero-order valence-corrected chi connectivity index (χ0v) is 11.9. The largest absolute Gasteiger partial charge is 0.485 e. The highest BCUT2D eigenvalue weighted by Gasteiger charge is 2.29. The van der Waals surface area contributed by atoms with Crippen LogP contribution in [0.1, 0.15) is 4.88 Å². The number of nitrogens with zero attached hydrogens (tertiary/aromatic N) is 1. The molecule has 1 atom stereocenters. The molecule has 104 valence electrons. The van der Waals surface area contributed by atoms with E-state index in [2.05, 4.69) is 0 Å². The summed E-state index contributed by atoms with van der Waals surface area (Å²) >= 11 is 1.64. The van der Waals surface area contributed by atoms with E-state index in [1.807, 2.05) is 41.8 Å². The van der Waals surface area contributed by atoms with Gasteiger partial charge in [-0.1, -0.05) is 18.2 Å². The Morgan fingerprint density at radius 3 is 2.85 bits per heavy atom. The summed E-state index contributed by atoms with van der Waals surface area (Å²) in [5.74, 6) is 1.26. The topological polar surface area (TPSA) is 38.8 Å². The first-order chi connectivity index (χ1) is 9.74. The van der Waals surface area contributed by atoms with Crippen molar-refractivity contribution in [2.45, 2.75) is 12.6 Å². The van der Waals surface area contributed by atoms with Crippen LogP contribution < -0.4 is 9.47 Å². The van der Waals surface area contributed by atoms with Crippen LogP contribution in [0.15, 0.2) is 41.8 Å². The fourth-order valence-electron chi connectivity index (χ4n) is 2.10. The smallest absolute Gasteiger partial charge is 0.267 e. The van der Waals surface area contributed by atoms with Crippen LogP contribution in [-0.2, 0) is 11.3 Å². The average Bonchev–Trinajstić information content (AvgIpc) is 2.99. The van der Waals surface area contributed by atoms with Gasteiger partial charge in [0.1, 0.15) is 6.61 Å². The highest BCUT2D eigenvalue weighted by molar-refractivity contribution is 7.09. The van der Waals surface area contributed by atoms with Gasteiger partial charge in [-0.2, -0.15) is 0 Å². The molecule has 1 amide bonds. The number of hydrogen-bond acceptors (Lipinski definition) is 4. The minimum Gasteiger partial charge on any atom is -0.485 e. The monoisotopic (exact) mass is 289 g/mol. The van der Waals surface area contributed by atoms with E-state index in [0.717, 1.165) is 4.88 Å². The van der Waals surface area contributed by atoms with Crippen molar-refractivity contribution in [2.24, 2.45) is 0 Å². The molecule has 0 saturated carbocycles. The maximum absolute atomic E-state index is 12.4. The number of benzene rings is 1. The van der Waals surface area contributed by atoms with Crippen molar-refractivity contribution in [2.75, 3.05) is 13.7 Å². The van der Waals surface area contributed by atoms with Gasteiger partial charge in [0.2, 0.25) is 6.10 Å². The zero-order valence-electron chi connectivity index (χ0n) is 11.1. The van der Waals surface area contributed by atoms with E-state index in [1.165, 1.54) is 0 Å². The Bertz CT molecular complexity index is 597. The van der Waals surface area contributed by atoms with E-state index in [9.17, 15) is 4.79 Å². The Kier molecular flexibility index (Phi) is 3.60. The zero-order chi connectivity index (χ0) is 13.9. The number of amides is 1. The molecular weight excluding hydrogens is 274 g/mol. The van der Waals surface area contributed by atoms with Gasteiger partial charge in [0.25, 0.3) is 5.91 Å². The number of carbonyl (C=O) groups is 1. The van der Waals surface area contributed by atoms with Crippen LogP contribution in [-0.4, -0.2) is 30.6 Å². The average molecular weight is 289 g/mol. The van der Waals surface area contributed by atoms with Gasteiger partial charge in [-0.05, 0) is 23.6 Å². The van der Waals surface area contributed by atoms with Crippen molar-refractivity contribution >= 4 is 17.2 Å². The van der Waals surface area contributed by atoms with Crippen LogP contribution in [0, 0.1) is 0 Å². The number of ether oxygens (including phenoxy) is 2. The van der Waals surface area contributed by atoms with Gasteiger partial charge >= 0.3 is 0 Å². The molecule has 2 heterocycles. The summed E-state index contributed by atoms with van der Waals surface area (Å²) in [5.41, 5.74) is 0.